The summed E-state index contributed by atoms with van der Waals surface area (Å²) in [5.74, 6) is 0.809. The van der Waals surface area contributed by atoms with Crippen molar-refractivity contribution in [3.63, 3.8) is 0 Å². The number of carbonyl (C=O) groups excluding carboxylic acids is 1. The van der Waals surface area contributed by atoms with Crippen LogP contribution in [0.4, 0.5) is 11.5 Å². The second-order valence-corrected chi connectivity index (χ2v) is 6.95. The fourth-order valence-corrected chi connectivity index (χ4v) is 3.31. The molecule has 2 N–H and O–H groups in total. The molecule has 1 saturated heterocycles. The predicted molar refractivity (Wildman–Crippen MR) is 110 cm³/mol. The average molecular weight is 412 g/mol. The Morgan fingerprint density at radius 2 is 2.21 bits per heavy atom. The maximum Gasteiger partial charge on any atom is 0.246 e. The molecule has 148 valence electrons. The van der Waals surface area contributed by atoms with Crippen molar-refractivity contribution in [1.82, 2.24) is 19.9 Å². The second kappa shape index (κ2) is 7.92. The van der Waals surface area contributed by atoms with Crippen LogP contribution in [0.15, 0.2) is 49.3 Å². The number of rotatable bonds is 5. The number of amides is 1. The van der Waals surface area contributed by atoms with Crippen molar-refractivity contribution in [2.45, 2.75) is 12.5 Å². The number of hydrogen-bond acceptors (Lipinski definition) is 7. The van der Waals surface area contributed by atoms with Gasteiger partial charge in [0.15, 0.2) is 5.82 Å². The van der Waals surface area contributed by atoms with Crippen molar-refractivity contribution in [3.8, 4) is 11.6 Å². The molecule has 1 amide bonds. The number of benzene rings is 1. The van der Waals surface area contributed by atoms with Gasteiger partial charge in [0.2, 0.25) is 11.8 Å². The van der Waals surface area contributed by atoms with E-state index in [0.29, 0.717) is 41.5 Å². The van der Waals surface area contributed by atoms with E-state index in [1.807, 2.05) is 0 Å². The molecule has 0 aliphatic carbocycles. The van der Waals surface area contributed by atoms with Crippen LogP contribution in [-0.4, -0.2) is 50.1 Å². The smallest absolute Gasteiger partial charge is 0.246 e. The molecule has 1 aliphatic heterocycles. The van der Waals surface area contributed by atoms with Crippen LogP contribution in [0.5, 0.6) is 11.6 Å². The predicted octanol–water partition coefficient (Wildman–Crippen LogP) is 3.29. The summed E-state index contributed by atoms with van der Waals surface area (Å²) in [5, 5.41) is 12.9. The number of aromatic hydroxyl groups is 1. The monoisotopic (exact) mass is 411 g/mol. The molecule has 1 fully saturated rings. The molecule has 1 aliphatic rings. The molecule has 29 heavy (non-hydrogen) atoms. The number of fused-ring (bicyclic) bond motifs is 1. The van der Waals surface area contributed by atoms with Crippen LogP contribution in [-0.2, 0) is 4.79 Å². The molecular formula is C20H18ClN5O3. The molecule has 0 saturated carbocycles. The van der Waals surface area contributed by atoms with Gasteiger partial charge in [0.25, 0.3) is 0 Å². The third kappa shape index (κ3) is 4.07. The lowest BCUT2D eigenvalue weighted by Gasteiger charge is -2.15. The number of aromatic nitrogens is 3. The first-order valence-corrected chi connectivity index (χ1v) is 9.36. The normalized spacial score (nSPS) is 16.0. The van der Waals surface area contributed by atoms with E-state index < -0.39 is 0 Å². The summed E-state index contributed by atoms with van der Waals surface area (Å²) in [5.41, 5.74) is 1.83. The lowest BCUT2D eigenvalue weighted by Crippen LogP contribution is -2.29. The van der Waals surface area contributed by atoms with Crippen LogP contribution in [0.3, 0.4) is 0 Å². The Kier molecular flexibility index (Phi) is 5.18. The van der Waals surface area contributed by atoms with Gasteiger partial charge in [0.05, 0.1) is 17.1 Å². The van der Waals surface area contributed by atoms with E-state index in [-0.39, 0.29) is 22.8 Å². The van der Waals surface area contributed by atoms with Gasteiger partial charge in [-0.2, -0.15) is 0 Å². The number of likely N-dealkylation sites (tertiary alicyclic amines) is 1. The molecule has 9 heteroatoms. The standard InChI is InChI=1S/C20H18ClN5O3/c1-2-18(28)26-8-7-13(10-26)29-17-6-4-15-19(25-17)20(23-11-22-15)24-12-3-5-16(27)14(21)9-12/h2-6,9,11,13,27H,1,7-8,10H2,(H,22,23,24)/t13-/m0/s1. The molecule has 8 nitrogen and oxygen atoms in total. The zero-order valence-electron chi connectivity index (χ0n) is 15.4. The molecule has 4 rings (SSSR count). The molecule has 3 aromatic rings. The number of phenols is 1. The van der Waals surface area contributed by atoms with Crippen molar-refractivity contribution >= 4 is 40.0 Å². The van der Waals surface area contributed by atoms with Gasteiger partial charge in [0.1, 0.15) is 23.7 Å². The van der Waals surface area contributed by atoms with Crippen molar-refractivity contribution in [3.05, 3.63) is 54.3 Å². The van der Waals surface area contributed by atoms with Gasteiger partial charge < -0.3 is 20.1 Å². The lowest BCUT2D eigenvalue weighted by atomic mass is 10.3. The zero-order valence-corrected chi connectivity index (χ0v) is 16.1. The molecule has 0 bridgehead atoms. The first-order valence-electron chi connectivity index (χ1n) is 8.99. The highest BCUT2D eigenvalue weighted by Crippen LogP contribution is 2.29. The minimum atomic E-state index is -0.138. The Hall–Kier alpha value is -3.39. The summed E-state index contributed by atoms with van der Waals surface area (Å²) in [6.07, 6.45) is 3.33. The minimum absolute atomic E-state index is 0.000818. The summed E-state index contributed by atoms with van der Waals surface area (Å²) in [4.78, 5) is 26.5. The van der Waals surface area contributed by atoms with Crippen molar-refractivity contribution in [2.75, 3.05) is 18.4 Å². The Labute approximate surface area is 171 Å². The first kappa shape index (κ1) is 18.9. The van der Waals surface area contributed by atoms with Crippen LogP contribution in [0, 0.1) is 0 Å². The maximum absolute atomic E-state index is 11.7. The molecule has 1 aromatic carbocycles. The molecule has 0 spiro atoms. The number of nitrogens with zero attached hydrogens (tertiary/aromatic N) is 4. The number of ether oxygens (including phenoxy) is 1. The maximum atomic E-state index is 11.7. The topological polar surface area (TPSA) is 100 Å². The highest BCUT2D eigenvalue weighted by molar-refractivity contribution is 6.32. The van der Waals surface area contributed by atoms with E-state index in [0.717, 1.165) is 6.42 Å². The third-order valence-corrected chi connectivity index (χ3v) is 4.89. The zero-order chi connectivity index (χ0) is 20.4. The molecular weight excluding hydrogens is 394 g/mol. The number of phenolic OH excluding ortho intramolecular Hbond substituents is 1. The van der Waals surface area contributed by atoms with Gasteiger partial charge in [-0.25, -0.2) is 15.0 Å². The number of halogens is 1. The molecule has 3 heterocycles. The van der Waals surface area contributed by atoms with E-state index in [1.165, 1.54) is 18.5 Å². The average Bonchev–Trinajstić information content (AvgIpc) is 3.19. The van der Waals surface area contributed by atoms with Gasteiger partial charge >= 0.3 is 0 Å². The van der Waals surface area contributed by atoms with E-state index in [1.54, 1.807) is 29.2 Å². The Bertz CT molecular complexity index is 1090. The Morgan fingerprint density at radius 1 is 1.34 bits per heavy atom. The first-order chi connectivity index (χ1) is 14.0. The number of carbonyl (C=O) groups is 1. The van der Waals surface area contributed by atoms with Crippen LogP contribution in [0.2, 0.25) is 5.02 Å². The van der Waals surface area contributed by atoms with E-state index in [4.69, 9.17) is 16.3 Å². The summed E-state index contributed by atoms with van der Waals surface area (Å²) < 4.78 is 5.97. The summed E-state index contributed by atoms with van der Waals surface area (Å²) >= 11 is 5.97. The quantitative estimate of drug-likeness (QED) is 0.490. The lowest BCUT2D eigenvalue weighted by molar-refractivity contribution is -0.125. The Morgan fingerprint density at radius 3 is 3.00 bits per heavy atom. The third-order valence-electron chi connectivity index (χ3n) is 4.59. The van der Waals surface area contributed by atoms with Crippen molar-refractivity contribution in [1.29, 1.82) is 0 Å². The van der Waals surface area contributed by atoms with Crippen LogP contribution in [0.1, 0.15) is 6.42 Å². The van der Waals surface area contributed by atoms with E-state index in [2.05, 4.69) is 26.8 Å². The van der Waals surface area contributed by atoms with Crippen LogP contribution < -0.4 is 10.1 Å². The fraction of sp³-hybridized carbons (Fsp3) is 0.200. The molecule has 2 aromatic heterocycles. The van der Waals surface area contributed by atoms with Gasteiger partial charge in [-0.1, -0.05) is 18.2 Å². The highest BCUT2D eigenvalue weighted by atomic mass is 35.5. The van der Waals surface area contributed by atoms with E-state index in [9.17, 15) is 9.90 Å². The fourth-order valence-electron chi connectivity index (χ4n) is 3.13. The van der Waals surface area contributed by atoms with Crippen molar-refractivity contribution in [2.24, 2.45) is 0 Å². The van der Waals surface area contributed by atoms with Gasteiger partial charge in [-0.05, 0) is 30.3 Å². The number of hydrogen-bond donors (Lipinski definition) is 2. The van der Waals surface area contributed by atoms with Gasteiger partial charge in [0, 0.05) is 24.7 Å². The van der Waals surface area contributed by atoms with Crippen LogP contribution >= 0.6 is 11.6 Å². The number of anilines is 2. The van der Waals surface area contributed by atoms with Gasteiger partial charge in [-0.15, -0.1) is 0 Å². The number of nitrogens with one attached hydrogen (secondary N) is 1. The highest BCUT2D eigenvalue weighted by Gasteiger charge is 2.26. The summed E-state index contributed by atoms with van der Waals surface area (Å²) in [7, 11) is 0. The summed E-state index contributed by atoms with van der Waals surface area (Å²) in [6.45, 7) is 4.63. The molecule has 0 radical (unpaired) electrons. The van der Waals surface area contributed by atoms with Crippen LogP contribution in [0.25, 0.3) is 11.0 Å². The Balaban J connectivity index is 1.57. The summed E-state index contributed by atoms with van der Waals surface area (Å²) in [6, 6.07) is 8.31. The second-order valence-electron chi connectivity index (χ2n) is 6.55. The van der Waals surface area contributed by atoms with Crippen molar-refractivity contribution < 1.29 is 14.6 Å². The van der Waals surface area contributed by atoms with Gasteiger partial charge in [-0.3, -0.25) is 4.79 Å². The van der Waals surface area contributed by atoms with E-state index >= 15 is 0 Å². The minimum Gasteiger partial charge on any atom is -0.506 e. The SMILES string of the molecule is C=CC(=O)N1CC[C@H](Oc2ccc3ncnc(Nc4ccc(O)c(Cl)c4)c3n2)C1. The number of pyridine rings is 1. The molecule has 0 unspecified atom stereocenters. The molecule has 1 atom stereocenters. The largest absolute Gasteiger partial charge is 0.506 e.